The molecule has 29 heavy (non-hydrogen) atoms. The lowest BCUT2D eigenvalue weighted by molar-refractivity contribution is -0.117. The Hall–Kier alpha value is -1.68. The highest BCUT2D eigenvalue weighted by atomic mass is 32.2. The highest BCUT2D eigenvalue weighted by molar-refractivity contribution is 7.89. The molecule has 2 saturated heterocycles. The van der Waals surface area contributed by atoms with E-state index in [0.29, 0.717) is 26.2 Å². The smallest absolute Gasteiger partial charge is 0.238 e. The van der Waals surface area contributed by atoms with Gasteiger partial charge in [0.25, 0.3) is 0 Å². The number of benzene rings is 1. The second kappa shape index (κ2) is 9.42. The Kier molecular flexibility index (Phi) is 7.15. The van der Waals surface area contributed by atoms with Gasteiger partial charge >= 0.3 is 0 Å². The third-order valence-corrected chi connectivity index (χ3v) is 7.27. The summed E-state index contributed by atoms with van der Waals surface area (Å²) in [4.78, 5) is 16.7. The summed E-state index contributed by atoms with van der Waals surface area (Å²) in [6, 6.07) is 7.89. The van der Waals surface area contributed by atoms with Crippen LogP contribution in [0.1, 0.15) is 20.8 Å². The Morgan fingerprint density at radius 2 is 1.66 bits per heavy atom. The fraction of sp³-hybridized carbons (Fsp3) is 0.650. The molecule has 2 aliphatic rings. The van der Waals surface area contributed by atoms with Crippen molar-refractivity contribution in [1.82, 2.24) is 9.21 Å². The lowest BCUT2D eigenvalue weighted by Crippen LogP contribution is -2.50. The van der Waals surface area contributed by atoms with Crippen LogP contribution in [0.3, 0.4) is 0 Å². The van der Waals surface area contributed by atoms with Crippen molar-refractivity contribution < 1.29 is 17.9 Å². The molecule has 0 saturated carbocycles. The number of anilines is 2. The van der Waals surface area contributed by atoms with E-state index < -0.39 is 10.0 Å². The minimum absolute atomic E-state index is 0.0850. The summed E-state index contributed by atoms with van der Waals surface area (Å²) in [5.41, 5.74) is 1.89. The second-order valence-corrected chi connectivity index (χ2v) is 10.1. The van der Waals surface area contributed by atoms with Crippen LogP contribution in [0.2, 0.25) is 0 Å². The molecule has 0 spiro atoms. The zero-order valence-corrected chi connectivity index (χ0v) is 18.3. The van der Waals surface area contributed by atoms with E-state index in [4.69, 9.17) is 4.74 Å². The molecule has 3 rings (SSSR count). The molecule has 2 atom stereocenters. The zero-order valence-electron chi connectivity index (χ0n) is 17.5. The first-order valence-corrected chi connectivity index (χ1v) is 11.9. The topological polar surface area (TPSA) is 82.2 Å². The van der Waals surface area contributed by atoms with E-state index in [1.165, 1.54) is 4.31 Å². The van der Waals surface area contributed by atoms with Gasteiger partial charge in [-0.2, -0.15) is 4.31 Å². The molecule has 0 aromatic heterocycles. The number of morpholine rings is 1. The number of carbonyl (C=O) groups excluding carboxylic acids is 1. The summed E-state index contributed by atoms with van der Waals surface area (Å²) in [5.74, 6) is 0.0318. The Morgan fingerprint density at radius 1 is 1.07 bits per heavy atom. The van der Waals surface area contributed by atoms with Crippen molar-refractivity contribution in [2.75, 3.05) is 61.8 Å². The monoisotopic (exact) mass is 424 g/mol. The Bertz CT molecular complexity index is 781. The fourth-order valence-electron chi connectivity index (χ4n) is 3.90. The van der Waals surface area contributed by atoms with Crippen molar-refractivity contribution >= 4 is 27.3 Å². The molecule has 0 bridgehead atoms. The van der Waals surface area contributed by atoms with Crippen molar-refractivity contribution in [3.05, 3.63) is 24.3 Å². The zero-order chi connectivity index (χ0) is 21.0. The maximum Gasteiger partial charge on any atom is 0.238 e. The predicted molar refractivity (Wildman–Crippen MR) is 115 cm³/mol. The molecule has 2 fully saturated rings. The maximum absolute atomic E-state index is 12.4. The van der Waals surface area contributed by atoms with Crippen LogP contribution in [0.25, 0.3) is 0 Å². The largest absolute Gasteiger partial charge is 0.372 e. The fourth-order valence-corrected chi connectivity index (χ4v) is 4.98. The number of hydrogen-bond acceptors (Lipinski definition) is 6. The van der Waals surface area contributed by atoms with Crippen molar-refractivity contribution in [2.45, 2.75) is 33.0 Å². The van der Waals surface area contributed by atoms with E-state index in [1.807, 2.05) is 29.2 Å². The first-order valence-electron chi connectivity index (χ1n) is 10.3. The van der Waals surface area contributed by atoms with Gasteiger partial charge < -0.3 is 15.0 Å². The average molecular weight is 425 g/mol. The number of sulfonamides is 1. The number of piperazine rings is 1. The molecular weight excluding hydrogens is 392 g/mol. The van der Waals surface area contributed by atoms with Gasteiger partial charge in [0, 0.05) is 50.6 Å². The van der Waals surface area contributed by atoms with Gasteiger partial charge in [-0.25, -0.2) is 8.42 Å². The maximum atomic E-state index is 12.4. The predicted octanol–water partition coefficient (Wildman–Crippen LogP) is 1.21. The summed E-state index contributed by atoms with van der Waals surface area (Å²) in [7, 11) is -3.15. The van der Waals surface area contributed by atoms with Gasteiger partial charge in [0.1, 0.15) is 0 Å². The third kappa shape index (κ3) is 5.91. The minimum Gasteiger partial charge on any atom is -0.372 e. The number of ether oxygens (including phenoxy) is 1. The van der Waals surface area contributed by atoms with Gasteiger partial charge in [0.2, 0.25) is 15.9 Å². The molecule has 2 heterocycles. The van der Waals surface area contributed by atoms with Crippen LogP contribution in [0.4, 0.5) is 11.4 Å². The van der Waals surface area contributed by atoms with Crippen LogP contribution < -0.4 is 10.2 Å². The molecule has 9 heteroatoms. The van der Waals surface area contributed by atoms with E-state index in [1.54, 1.807) is 6.92 Å². The quantitative estimate of drug-likeness (QED) is 0.739. The van der Waals surface area contributed by atoms with Gasteiger partial charge in [0.15, 0.2) is 0 Å². The Labute approximate surface area is 173 Å². The SMILES string of the molecule is CCS(=O)(=O)N1CCN(CC(=O)Nc2ccc(N3CC(C)OC(C)C3)cc2)CC1. The Balaban J connectivity index is 1.48. The number of nitrogens with zero attached hydrogens (tertiary/aromatic N) is 3. The number of carbonyl (C=O) groups is 1. The van der Waals surface area contributed by atoms with Crippen molar-refractivity contribution in [2.24, 2.45) is 0 Å². The van der Waals surface area contributed by atoms with Crippen molar-refractivity contribution in [3.8, 4) is 0 Å². The molecule has 1 N–H and O–H groups in total. The first kappa shape index (κ1) is 22.0. The average Bonchev–Trinajstić information content (AvgIpc) is 2.68. The highest BCUT2D eigenvalue weighted by Crippen LogP contribution is 2.22. The van der Waals surface area contributed by atoms with Crippen LogP contribution in [-0.2, 0) is 19.6 Å². The summed E-state index contributed by atoms with van der Waals surface area (Å²) in [5, 5.41) is 2.93. The molecule has 8 nitrogen and oxygen atoms in total. The number of rotatable bonds is 6. The number of amides is 1. The molecule has 2 aliphatic heterocycles. The third-order valence-electron chi connectivity index (χ3n) is 5.39. The van der Waals surface area contributed by atoms with Gasteiger partial charge in [-0.05, 0) is 45.0 Å². The lowest BCUT2D eigenvalue weighted by atomic mass is 10.2. The van der Waals surface area contributed by atoms with E-state index in [-0.39, 0.29) is 30.4 Å². The molecule has 162 valence electrons. The van der Waals surface area contributed by atoms with E-state index in [9.17, 15) is 13.2 Å². The normalized spacial score (nSPS) is 24.4. The summed E-state index contributed by atoms with van der Waals surface area (Å²) >= 11 is 0. The highest BCUT2D eigenvalue weighted by Gasteiger charge is 2.26. The molecule has 0 aliphatic carbocycles. The van der Waals surface area contributed by atoms with Gasteiger partial charge in [-0.3, -0.25) is 9.69 Å². The number of hydrogen-bond donors (Lipinski definition) is 1. The molecule has 0 radical (unpaired) electrons. The van der Waals surface area contributed by atoms with Crippen LogP contribution in [-0.4, -0.2) is 87.3 Å². The van der Waals surface area contributed by atoms with Crippen molar-refractivity contribution in [3.63, 3.8) is 0 Å². The van der Waals surface area contributed by atoms with E-state index in [2.05, 4.69) is 24.1 Å². The summed E-state index contributed by atoms with van der Waals surface area (Å²) in [6.45, 7) is 9.80. The lowest BCUT2D eigenvalue weighted by Gasteiger charge is -2.36. The van der Waals surface area contributed by atoms with Crippen LogP contribution in [0, 0.1) is 0 Å². The van der Waals surface area contributed by atoms with Crippen LogP contribution >= 0.6 is 0 Å². The summed E-state index contributed by atoms with van der Waals surface area (Å²) in [6.07, 6.45) is 0.400. The van der Waals surface area contributed by atoms with Crippen LogP contribution in [0.15, 0.2) is 24.3 Å². The first-order chi connectivity index (χ1) is 13.8. The summed E-state index contributed by atoms with van der Waals surface area (Å²) < 4.78 is 31.1. The molecule has 2 unspecified atom stereocenters. The molecular formula is C20H32N4O4S. The van der Waals surface area contributed by atoms with Crippen molar-refractivity contribution in [1.29, 1.82) is 0 Å². The van der Waals surface area contributed by atoms with E-state index >= 15 is 0 Å². The second-order valence-electron chi connectivity index (χ2n) is 7.83. The van der Waals surface area contributed by atoms with Crippen LogP contribution in [0.5, 0.6) is 0 Å². The molecule has 1 aromatic carbocycles. The standard InChI is InChI=1S/C20H32N4O4S/c1-4-29(26,27)24-11-9-22(10-12-24)15-20(25)21-18-5-7-19(8-6-18)23-13-16(2)28-17(3)14-23/h5-8,16-17H,4,9-15H2,1-3H3,(H,21,25). The molecule has 1 aromatic rings. The number of nitrogens with one attached hydrogen (secondary N) is 1. The van der Waals surface area contributed by atoms with Gasteiger partial charge in [-0.1, -0.05) is 0 Å². The Morgan fingerprint density at radius 3 is 2.21 bits per heavy atom. The van der Waals surface area contributed by atoms with Gasteiger partial charge in [-0.15, -0.1) is 0 Å². The van der Waals surface area contributed by atoms with Gasteiger partial charge in [0.05, 0.1) is 24.5 Å². The van der Waals surface area contributed by atoms with E-state index in [0.717, 1.165) is 24.5 Å². The minimum atomic E-state index is -3.15. The molecule has 1 amide bonds.